The summed E-state index contributed by atoms with van der Waals surface area (Å²) < 4.78 is 38.4. The van der Waals surface area contributed by atoms with Crippen LogP contribution in [0.1, 0.15) is 19.4 Å². The minimum atomic E-state index is -3.81. The summed E-state index contributed by atoms with van der Waals surface area (Å²) in [4.78, 5) is 0.111. The molecule has 1 aromatic heterocycles. The monoisotopic (exact) mass is 372 g/mol. The summed E-state index contributed by atoms with van der Waals surface area (Å²) in [5.74, 6) is 0.690. The molecule has 0 spiro atoms. The van der Waals surface area contributed by atoms with E-state index in [0.717, 1.165) is 11.1 Å². The molecule has 0 amide bonds. The van der Waals surface area contributed by atoms with Gasteiger partial charge in [0.1, 0.15) is 5.75 Å². The molecule has 26 heavy (non-hydrogen) atoms. The maximum Gasteiger partial charge on any atom is 0.264 e. The zero-order chi connectivity index (χ0) is 18.7. The highest BCUT2D eigenvalue weighted by atomic mass is 32.2. The maximum atomic E-state index is 12.6. The molecule has 0 saturated heterocycles. The fourth-order valence-corrected chi connectivity index (χ4v) is 3.41. The van der Waals surface area contributed by atoms with Crippen LogP contribution in [-0.4, -0.2) is 19.7 Å². The average Bonchev–Trinajstić information content (AvgIpc) is 3.03. The quantitative estimate of drug-likeness (QED) is 0.700. The molecule has 0 aliphatic rings. The molecule has 0 saturated carbocycles. The second kappa shape index (κ2) is 7.21. The third-order valence-corrected chi connectivity index (χ3v) is 5.01. The topological polar surface area (TPSA) is 81.4 Å². The summed E-state index contributed by atoms with van der Waals surface area (Å²) in [7, 11) is -3.81. The smallest absolute Gasteiger partial charge is 0.264 e. The Morgan fingerprint density at radius 1 is 1.04 bits per heavy atom. The molecular weight excluding hydrogens is 352 g/mol. The van der Waals surface area contributed by atoms with E-state index in [2.05, 4.69) is 9.88 Å². The number of ether oxygens (including phenoxy) is 1. The van der Waals surface area contributed by atoms with Crippen LogP contribution >= 0.6 is 0 Å². The summed E-state index contributed by atoms with van der Waals surface area (Å²) >= 11 is 0. The van der Waals surface area contributed by atoms with Gasteiger partial charge >= 0.3 is 0 Å². The molecule has 0 unspecified atom stereocenters. The highest BCUT2D eigenvalue weighted by Gasteiger charge is 2.20. The van der Waals surface area contributed by atoms with Crippen LogP contribution in [0.15, 0.2) is 64.1 Å². The maximum absolute atomic E-state index is 12.6. The van der Waals surface area contributed by atoms with E-state index in [0.29, 0.717) is 11.3 Å². The molecule has 0 aliphatic carbocycles. The van der Waals surface area contributed by atoms with Gasteiger partial charge in [-0.3, -0.25) is 0 Å². The zero-order valence-corrected chi connectivity index (χ0v) is 15.6. The molecule has 0 radical (unpaired) electrons. The SMILES string of the molecule is Cc1ccc(-c2cnoc2NS(=O)(=O)c2ccc(OC(C)C)cc2)cc1. The van der Waals surface area contributed by atoms with E-state index in [9.17, 15) is 8.42 Å². The van der Waals surface area contributed by atoms with Crippen molar-refractivity contribution in [3.63, 3.8) is 0 Å². The number of aromatic nitrogens is 1. The molecular formula is C19H20N2O4S. The summed E-state index contributed by atoms with van der Waals surface area (Å²) in [6.07, 6.45) is 1.50. The summed E-state index contributed by atoms with van der Waals surface area (Å²) in [5, 5.41) is 3.72. The molecule has 3 rings (SSSR count). The van der Waals surface area contributed by atoms with Gasteiger partial charge in [-0.2, -0.15) is 0 Å². The van der Waals surface area contributed by atoms with Crippen molar-refractivity contribution >= 4 is 15.9 Å². The van der Waals surface area contributed by atoms with Crippen LogP contribution in [0.25, 0.3) is 11.1 Å². The second-order valence-electron chi connectivity index (χ2n) is 6.18. The van der Waals surface area contributed by atoms with Crippen molar-refractivity contribution in [2.45, 2.75) is 31.8 Å². The Kier molecular flexibility index (Phi) is 4.99. The third-order valence-electron chi connectivity index (χ3n) is 3.67. The van der Waals surface area contributed by atoms with Crippen LogP contribution in [0.5, 0.6) is 5.75 Å². The minimum Gasteiger partial charge on any atom is -0.491 e. The minimum absolute atomic E-state index is 0.0156. The van der Waals surface area contributed by atoms with Crippen LogP contribution in [0, 0.1) is 6.92 Å². The van der Waals surface area contributed by atoms with E-state index in [4.69, 9.17) is 9.26 Å². The summed E-state index contributed by atoms with van der Waals surface area (Å²) in [5.41, 5.74) is 2.50. The molecule has 1 N–H and O–H groups in total. The van der Waals surface area contributed by atoms with Gasteiger partial charge in [-0.05, 0) is 50.6 Å². The van der Waals surface area contributed by atoms with Crippen molar-refractivity contribution in [1.82, 2.24) is 5.16 Å². The van der Waals surface area contributed by atoms with Gasteiger partial charge in [0.25, 0.3) is 10.0 Å². The van der Waals surface area contributed by atoms with Crippen LogP contribution < -0.4 is 9.46 Å². The van der Waals surface area contributed by atoms with Crippen LogP contribution in [0.3, 0.4) is 0 Å². The number of anilines is 1. The van der Waals surface area contributed by atoms with Gasteiger partial charge in [0.15, 0.2) is 0 Å². The normalized spacial score (nSPS) is 11.5. The first-order valence-electron chi connectivity index (χ1n) is 8.16. The van der Waals surface area contributed by atoms with E-state index in [-0.39, 0.29) is 16.9 Å². The molecule has 2 aromatic carbocycles. The summed E-state index contributed by atoms with van der Waals surface area (Å²) in [6.45, 7) is 5.79. The van der Waals surface area contributed by atoms with E-state index >= 15 is 0 Å². The molecule has 7 heteroatoms. The predicted octanol–water partition coefficient (Wildman–Crippen LogP) is 4.24. The Bertz CT molecular complexity index is 975. The lowest BCUT2D eigenvalue weighted by Gasteiger charge is -2.11. The van der Waals surface area contributed by atoms with Crippen LogP contribution in [-0.2, 0) is 10.0 Å². The summed E-state index contributed by atoms with van der Waals surface area (Å²) in [6, 6.07) is 13.9. The van der Waals surface area contributed by atoms with E-state index in [1.807, 2.05) is 45.0 Å². The van der Waals surface area contributed by atoms with E-state index in [1.165, 1.54) is 18.3 Å². The van der Waals surface area contributed by atoms with Crippen LogP contribution in [0.2, 0.25) is 0 Å². The average molecular weight is 372 g/mol. The highest BCUT2D eigenvalue weighted by molar-refractivity contribution is 7.92. The first kappa shape index (κ1) is 18.0. The molecule has 3 aromatic rings. The Hall–Kier alpha value is -2.80. The molecule has 136 valence electrons. The van der Waals surface area contributed by atoms with Gasteiger partial charge in [-0.1, -0.05) is 35.0 Å². The van der Waals surface area contributed by atoms with Crippen molar-refractivity contribution < 1.29 is 17.7 Å². The largest absolute Gasteiger partial charge is 0.491 e. The van der Waals surface area contributed by atoms with Gasteiger partial charge in [0.05, 0.1) is 22.8 Å². The van der Waals surface area contributed by atoms with Gasteiger partial charge < -0.3 is 9.26 Å². The molecule has 1 heterocycles. The fourth-order valence-electron chi connectivity index (χ4n) is 2.40. The number of hydrogen-bond acceptors (Lipinski definition) is 5. The Balaban J connectivity index is 1.84. The first-order chi connectivity index (χ1) is 12.3. The predicted molar refractivity (Wildman–Crippen MR) is 99.7 cm³/mol. The molecule has 0 fully saturated rings. The number of rotatable bonds is 6. The standard InChI is InChI=1S/C19H20N2O4S/c1-13(2)24-16-8-10-17(11-9-16)26(22,23)21-19-18(12-20-25-19)15-6-4-14(3)5-7-15/h4-13,21H,1-3H3. The number of hydrogen-bond donors (Lipinski definition) is 1. The lowest BCUT2D eigenvalue weighted by atomic mass is 10.1. The van der Waals surface area contributed by atoms with Crippen molar-refractivity contribution in [2.24, 2.45) is 0 Å². The second-order valence-corrected chi connectivity index (χ2v) is 7.86. The number of benzene rings is 2. The Morgan fingerprint density at radius 2 is 1.69 bits per heavy atom. The number of sulfonamides is 1. The number of nitrogens with one attached hydrogen (secondary N) is 1. The van der Waals surface area contributed by atoms with Gasteiger partial charge in [0.2, 0.25) is 5.88 Å². The Morgan fingerprint density at radius 3 is 2.31 bits per heavy atom. The zero-order valence-electron chi connectivity index (χ0n) is 14.8. The lowest BCUT2D eigenvalue weighted by Crippen LogP contribution is -2.13. The number of aryl methyl sites for hydroxylation is 1. The molecule has 0 atom stereocenters. The molecule has 0 bridgehead atoms. The Labute approximate surface area is 152 Å². The third kappa shape index (κ3) is 4.05. The highest BCUT2D eigenvalue weighted by Crippen LogP contribution is 2.30. The number of nitrogens with zero attached hydrogens (tertiary/aromatic N) is 1. The van der Waals surface area contributed by atoms with Crippen molar-refractivity contribution in [2.75, 3.05) is 4.72 Å². The van der Waals surface area contributed by atoms with Crippen molar-refractivity contribution in [1.29, 1.82) is 0 Å². The molecule has 6 nitrogen and oxygen atoms in total. The fraction of sp³-hybridized carbons (Fsp3) is 0.211. The van der Waals surface area contributed by atoms with Crippen molar-refractivity contribution in [3.05, 3.63) is 60.3 Å². The first-order valence-corrected chi connectivity index (χ1v) is 9.65. The van der Waals surface area contributed by atoms with Gasteiger partial charge in [-0.25, -0.2) is 13.1 Å². The lowest BCUT2D eigenvalue weighted by molar-refractivity contribution is 0.242. The van der Waals surface area contributed by atoms with Gasteiger partial charge in [-0.15, -0.1) is 0 Å². The van der Waals surface area contributed by atoms with E-state index in [1.54, 1.807) is 12.1 Å². The molecule has 0 aliphatic heterocycles. The van der Waals surface area contributed by atoms with Crippen molar-refractivity contribution in [3.8, 4) is 16.9 Å². The van der Waals surface area contributed by atoms with Gasteiger partial charge in [0, 0.05) is 0 Å². The van der Waals surface area contributed by atoms with Crippen LogP contribution in [0.4, 0.5) is 5.88 Å². The van der Waals surface area contributed by atoms with E-state index < -0.39 is 10.0 Å².